The van der Waals surface area contributed by atoms with Crippen molar-refractivity contribution in [3.8, 4) is 5.75 Å². The number of aromatic hydroxyl groups is 1. The summed E-state index contributed by atoms with van der Waals surface area (Å²) < 4.78 is 30.0. The SMILES string of the molecule is Cc1c(O)cccc1S(=O)(=O)O.[Zn]. The Morgan fingerprint density at radius 3 is 2.23 bits per heavy atom. The van der Waals surface area contributed by atoms with Gasteiger partial charge in [-0.25, -0.2) is 0 Å². The number of benzene rings is 1. The van der Waals surface area contributed by atoms with Crippen LogP contribution in [0.5, 0.6) is 5.75 Å². The topological polar surface area (TPSA) is 74.6 Å². The molecule has 13 heavy (non-hydrogen) atoms. The van der Waals surface area contributed by atoms with E-state index in [0.717, 1.165) is 0 Å². The van der Waals surface area contributed by atoms with E-state index >= 15 is 0 Å². The van der Waals surface area contributed by atoms with Crippen molar-refractivity contribution in [2.24, 2.45) is 0 Å². The fraction of sp³-hybridized carbons (Fsp3) is 0.143. The van der Waals surface area contributed by atoms with Crippen LogP contribution in [0, 0.1) is 6.92 Å². The van der Waals surface area contributed by atoms with Gasteiger partial charge in [-0.3, -0.25) is 4.55 Å². The van der Waals surface area contributed by atoms with Crippen LogP contribution in [0.1, 0.15) is 5.56 Å². The standard InChI is InChI=1S/C7H8O4S.Zn/c1-5-6(8)3-2-4-7(5)12(9,10)11;/h2-4,8H,1H3,(H,9,10,11);. The maximum Gasteiger partial charge on any atom is 0.294 e. The first-order valence-corrected chi connectivity index (χ1v) is 4.63. The summed E-state index contributed by atoms with van der Waals surface area (Å²) >= 11 is 0. The molecule has 0 heterocycles. The zero-order valence-corrected chi connectivity index (χ0v) is 10.8. The van der Waals surface area contributed by atoms with E-state index in [4.69, 9.17) is 9.66 Å². The van der Waals surface area contributed by atoms with Gasteiger partial charge in [-0.05, 0) is 19.1 Å². The Morgan fingerprint density at radius 1 is 1.31 bits per heavy atom. The normalized spacial score (nSPS) is 10.6. The second-order valence-corrected chi connectivity index (χ2v) is 3.77. The van der Waals surface area contributed by atoms with E-state index < -0.39 is 10.1 Å². The summed E-state index contributed by atoms with van der Waals surface area (Å²) in [5, 5.41) is 9.09. The minimum absolute atomic E-state index is 0. The van der Waals surface area contributed by atoms with E-state index in [0.29, 0.717) is 0 Å². The van der Waals surface area contributed by atoms with E-state index in [1.54, 1.807) is 0 Å². The smallest absolute Gasteiger partial charge is 0.294 e. The molecule has 0 radical (unpaired) electrons. The average molecular weight is 254 g/mol. The van der Waals surface area contributed by atoms with Gasteiger partial charge >= 0.3 is 0 Å². The molecule has 68 valence electrons. The largest absolute Gasteiger partial charge is 0.508 e. The molecule has 0 amide bonds. The molecule has 1 aromatic carbocycles. The van der Waals surface area contributed by atoms with Gasteiger partial charge in [0.2, 0.25) is 0 Å². The van der Waals surface area contributed by atoms with Crippen LogP contribution in [0.25, 0.3) is 0 Å². The van der Waals surface area contributed by atoms with Crippen LogP contribution in [0.2, 0.25) is 0 Å². The number of hydrogen-bond acceptors (Lipinski definition) is 3. The van der Waals surface area contributed by atoms with Gasteiger partial charge in [0, 0.05) is 25.0 Å². The summed E-state index contributed by atoms with van der Waals surface area (Å²) in [6.07, 6.45) is 0. The fourth-order valence-electron chi connectivity index (χ4n) is 0.882. The quantitative estimate of drug-likeness (QED) is 0.577. The Bertz CT molecular complexity index is 399. The summed E-state index contributed by atoms with van der Waals surface area (Å²) in [5.74, 6) is -0.148. The van der Waals surface area contributed by atoms with Crippen molar-refractivity contribution in [2.45, 2.75) is 11.8 Å². The number of phenolic OH excluding ortho intramolecular Hbond substituents is 1. The van der Waals surface area contributed by atoms with Crippen LogP contribution in [0.15, 0.2) is 23.1 Å². The summed E-state index contributed by atoms with van der Waals surface area (Å²) in [5.41, 5.74) is 0.153. The third kappa shape index (κ3) is 2.76. The molecule has 0 aliphatic carbocycles. The number of hydrogen-bond donors (Lipinski definition) is 2. The van der Waals surface area contributed by atoms with Crippen LogP contribution >= 0.6 is 0 Å². The Balaban J connectivity index is 0.00000144. The van der Waals surface area contributed by atoms with Gasteiger partial charge in [0.15, 0.2) is 0 Å². The molecule has 0 unspecified atom stereocenters. The Morgan fingerprint density at radius 2 is 1.85 bits per heavy atom. The van der Waals surface area contributed by atoms with Crippen molar-refractivity contribution < 1.29 is 37.6 Å². The third-order valence-corrected chi connectivity index (χ3v) is 2.53. The molecule has 1 aromatic rings. The molecule has 2 N–H and O–H groups in total. The van der Waals surface area contributed by atoms with Crippen LogP contribution < -0.4 is 0 Å². The minimum atomic E-state index is -4.22. The van der Waals surface area contributed by atoms with Crippen LogP contribution in [0.3, 0.4) is 0 Å². The monoisotopic (exact) mass is 252 g/mol. The van der Waals surface area contributed by atoms with Crippen LogP contribution in [-0.4, -0.2) is 18.1 Å². The Hall–Kier alpha value is -0.447. The van der Waals surface area contributed by atoms with Crippen molar-refractivity contribution in [1.29, 1.82) is 0 Å². The van der Waals surface area contributed by atoms with Crippen molar-refractivity contribution >= 4 is 10.1 Å². The first kappa shape index (κ1) is 12.6. The van der Waals surface area contributed by atoms with Crippen molar-refractivity contribution in [3.05, 3.63) is 23.8 Å². The second-order valence-electron chi connectivity index (χ2n) is 2.38. The molecule has 0 aromatic heterocycles. The van der Waals surface area contributed by atoms with Crippen LogP contribution in [0.4, 0.5) is 0 Å². The molecule has 0 atom stereocenters. The van der Waals surface area contributed by atoms with Gasteiger partial charge in [-0.2, -0.15) is 8.42 Å². The summed E-state index contributed by atoms with van der Waals surface area (Å²) in [6.45, 7) is 1.42. The molecule has 4 nitrogen and oxygen atoms in total. The summed E-state index contributed by atoms with van der Waals surface area (Å²) in [4.78, 5) is -0.262. The van der Waals surface area contributed by atoms with Crippen LogP contribution in [-0.2, 0) is 29.6 Å². The summed E-state index contributed by atoms with van der Waals surface area (Å²) in [6, 6.07) is 3.93. The molecule has 0 bridgehead atoms. The molecule has 0 saturated carbocycles. The third-order valence-electron chi connectivity index (χ3n) is 1.53. The first-order valence-electron chi connectivity index (χ1n) is 3.19. The zero-order chi connectivity index (χ0) is 9.35. The Kier molecular flexibility index (Phi) is 4.03. The first-order chi connectivity index (χ1) is 5.43. The van der Waals surface area contributed by atoms with E-state index in [1.165, 1.54) is 25.1 Å². The Labute approximate surface area is 89.1 Å². The van der Waals surface area contributed by atoms with Gasteiger partial charge in [0.25, 0.3) is 10.1 Å². The maximum absolute atomic E-state index is 10.7. The fourth-order valence-corrected chi connectivity index (χ4v) is 1.62. The number of phenols is 1. The predicted molar refractivity (Wildman–Crippen MR) is 42.7 cm³/mol. The molecule has 1 rings (SSSR count). The minimum Gasteiger partial charge on any atom is -0.508 e. The number of rotatable bonds is 1. The van der Waals surface area contributed by atoms with Gasteiger partial charge in [0.05, 0.1) is 0 Å². The van der Waals surface area contributed by atoms with E-state index in [1.807, 2.05) is 0 Å². The molecule has 6 heteroatoms. The van der Waals surface area contributed by atoms with E-state index in [9.17, 15) is 8.42 Å². The van der Waals surface area contributed by atoms with Crippen molar-refractivity contribution in [2.75, 3.05) is 0 Å². The second kappa shape index (κ2) is 4.18. The predicted octanol–water partition coefficient (Wildman–Crippen LogP) is 0.945. The molecule has 0 fully saturated rings. The van der Waals surface area contributed by atoms with Gasteiger partial charge in [-0.15, -0.1) is 0 Å². The van der Waals surface area contributed by atoms with Crippen molar-refractivity contribution in [1.82, 2.24) is 0 Å². The van der Waals surface area contributed by atoms with E-state index in [-0.39, 0.29) is 35.7 Å². The van der Waals surface area contributed by atoms with Crippen molar-refractivity contribution in [3.63, 3.8) is 0 Å². The van der Waals surface area contributed by atoms with Gasteiger partial charge in [-0.1, -0.05) is 6.07 Å². The van der Waals surface area contributed by atoms with Gasteiger partial charge in [0.1, 0.15) is 10.6 Å². The molecular weight excluding hydrogens is 246 g/mol. The molecule has 0 aliphatic rings. The average Bonchev–Trinajstić information content (AvgIpc) is 1.92. The van der Waals surface area contributed by atoms with E-state index in [2.05, 4.69) is 0 Å². The van der Waals surface area contributed by atoms with Gasteiger partial charge < -0.3 is 5.11 Å². The molecule has 0 aliphatic heterocycles. The molecular formula is C7H8O4SZn. The zero-order valence-electron chi connectivity index (χ0n) is 7.06. The molecule has 0 saturated heterocycles. The maximum atomic E-state index is 10.7. The molecule has 0 spiro atoms. The summed E-state index contributed by atoms with van der Waals surface area (Å²) in [7, 11) is -4.22.